The van der Waals surface area contributed by atoms with Gasteiger partial charge in [0.15, 0.2) is 0 Å². The average Bonchev–Trinajstić information content (AvgIpc) is 2.78. The first-order chi connectivity index (χ1) is 6.45. The highest BCUT2D eigenvalue weighted by molar-refractivity contribution is 5.27. The van der Waals surface area contributed by atoms with Gasteiger partial charge in [-0.3, -0.25) is 0 Å². The number of hydrogen-bond acceptors (Lipinski definition) is 0. The molecule has 0 atom stereocenters. The van der Waals surface area contributed by atoms with E-state index in [1.165, 1.54) is 57.8 Å². The summed E-state index contributed by atoms with van der Waals surface area (Å²) in [5.41, 5.74) is 3.89. The molecule has 0 aromatic heterocycles. The van der Waals surface area contributed by atoms with Gasteiger partial charge in [-0.05, 0) is 63.2 Å². The Kier molecular flexibility index (Phi) is 1.96. The van der Waals surface area contributed by atoms with Crippen LogP contribution < -0.4 is 0 Å². The van der Waals surface area contributed by atoms with Crippen molar-refractivity contribution in [3.05, 3.63) is 11.1 Å². The Balaban J connectivity index is 1.89. The van der Waals surface area contributed by atoms with Crippen LogP contribution in [0.4, 0.5) is 0 Å². The highest BCUT2D eigenvalue weighted by Crippen LogP contribution is 2.51. The number of fused-ring (bicyclic) bond motifs is 2. The molecule has 2 bridgehead atoms. The number of hydrogen-bond donors (Lipinski definition) is 0. The van der Waals surface area contributed by atoms with E-state index < -0.39 is 0 Å². The predicted octanol–water partition coefficient (Wildman–Crippen LogP) is 4.07. The number of allylic oxidation sites excluding steroid dienone is 2. The number of rotatable bonds is 0. The van der Waals surface area contributed by atoms with Crippen LogP contribution in [0.2, 0.25) is 0 Å². The van der Waals surface area contributed by atoms with Crippen LogP contribution >= 0.6 is 0 Å². The van der Waals surface area contributed by atoms with Gasteiger partial charge in [-0.1, -0.05) is 17.6 Å². The van der Waals surface area contributed by atoms with Crippen LogP contribution in [-0.2, 0) is 0 Å². The Hall–Kier alpha value is -0.260. The Morgan fingerprint density at radius 2 is 1.23 bits per heavy atom. The zero-order valence-corrected chi connectivity index (χ0v) is 8.52. The molecule has 0 aromatic rings. The van der Waals surface area contributed by atoms with Crippen molar-refractivity contribution >= 4 is 0 Å². The maximum atomic E-state index is 1.97. The fourth-order valence-corrected chi connectivity index (χ4v) is 3.89. The van der Waals surface area contributed by atoms with Gasteiger partial charge in [0.05, 0.1) is 0 Å². The smallest absolute Gasteiger partial charge is 0.0197 e. The minimum atomic E-state index is 1.05. The summed E-state index contributed by atoms with van der Waals surface area (Å²) in [6, 6.07) is 0. The van der Waals surface area contributed by atoms with Crippen molar-refractivity contribution in [3.8, 4) is 0 Å². The molecule has 0 heterocycles. The van der Waals surface area contributed by atoms with Gasteiger partial charge >= 0.3 is 0 Å². The van der Waals surface area contributed by atoms with Crippen molar-refractivity contribution in [3.63, 3.8) is 0 Å². The summed E-state index contributed by atoms with van der Waals surface area (Å²) in [4.78, 5) is 0. The van der Waals surface area contributed by atoms with Crippen LogP contribution in [0, 0.1) is 11.8 Å². The molecule has 0 spiro atoms. The van der Waals surface area contributed by atoms with Crippen molar-refractivity contribution in [1.29, 1.82) is 0 Å². The van der Waals surface area contributed by atoms with Crippen LogP contribution in [0.1, 0.15) is 57.8 Å². The molecule has 0 aromatic carbocycles. The summed E-state index contributed by atoms with van der Waals surface area (Å²) >= 11 is 0. The Bertz CT molecular complexity index is 206. The first-order valence-electron chi connectivity index (χ1n) is 6.17. The van der Waals surface area contributed by atoms with E-state index in [1.54, 1.807) is 0 Å². The third-order valence-corrected chi connectivity index (χ3v) is 4.47. The second-order valence-electron chi connectivity index (χ2n) is 5.17. The third kappa shape index (κ3) is 1.26. The van der Waals surface area contributed by atoms with Gasteiger partial charge in [0, 0.05) is 0 Å². The lowest BCUT2D eigenvalue weighted by Gasteiger charge is -2.19. The second-order valence-corrected chi connectivity index (χ2v) is 5.17. The van der Waals surface area contributed by atoms with Crippen LogP contribution in [0.15, 0.2) is 11.1 Å². The lowest BCUT2D eigenvalue weighted by atomic mass is 9.87. The van der Waals surface area contributed by atoms with Gasteiger partial charge < -0.3 is 0 Å². The van der Waals surface area contributed by atoms with E-state index in [4.69, 9.17) is 0 Å². The second kappa shape index (κ2) is 3.15. The van der Waals surface area contributed by atoms with Gasteiger partial charge in [-0.15, -0.1) is 0 Å². The van der Waals surface area contributed by atoms with Crippen LogP contribution in [0.5, 0.6) is 0 Å². The molecule has 0 N–H and O–H groups in total. The molecule has 0 saturated heterocycles. The molecule has 3 aliphatic carbocycles. The van der Waals surface area contributed by atoms with Crippen LogP contribution in [0.3, 0.4) is 0 Å². The molecule has 0 amide bonds. The highest BCUT2D eigenvalue weighted by Gasteiger charge is 2.38. The summed E-state index contributed by atoms with van der Waals surface area (Å²) in [5, 5.41) is 0. The van der Waals surface area contributed by atoms with Gasteiger partial charge in [0.25, 0.3) is 0 Å². The summed E-state index contributed by atoms with van der Waals surface area (Å²) < 4.78 is 0. The molecule has 0 unspecified atom stereocenters. The van der Waals surface area contributed by atoms with E-state index in [1.807, 2.05) is 11.1 Å². The average molecular weight is 176 g/mol. The standard InChI is InChI=1S/C13H20/c1-2-4-10(5-3-1)13-11-6-7-12(13)9-8-11/h11-12H,1-9H2. The van der Waals surface area contributed by atoms with Crippen molar-refractivity contribution in [1.82, 2.24) is 0 Å². The van der Waals surface area contributed by atoms with Crippen molar-refractivity contribution in [2.75, 3.05) is 0 Å². The SMILES string of the molecule is C1CCC(=C2C3CCC2CC3)CC1. The zero-order chi connectivity index (χ0) is 8.67. The fourth-order valence-electron chi connectivity index (χ4n) is 3.89. The molecule has 3 rings (SSSR count). The zero-order valence-electron chi connectivity index (χ0n) is 8.52. The Labute approximate surface area is 81.4 Å². The summed E-state index contributed by atoms with van der Waals surface area (Å²) in [6.07, 6.45) is 13.5. The molecule has 3 fully saturated rings. The van der Waals surface area contributed by atoms with E-state index in [-0.39, 0.29) is 0 Å². The molecule has 3 aliphatic rings. The van der Waals surface area contributed by atoms with Gasteiger partial charge in [-0.25, -0.2) is 0 Å². The molecular formula is C13H20. The fraction of sp³-hybridized carbons (Fsp3) is 0.846. The molecule has 0 heteroatoms. The largest absolute Gasteiger partial charge is 0.0704 e. The molecular weight excluding hydrogens is 156 g/mol. The summed E-state index contributed by atoms with van der Waals surface area (Å²) in [5.74, 6) is 2.11. The normalized spacial score (nSPS) is 38.8. The Morgan fingerprint density at radius 1 is 0.692 bits per heavy atom. The summed E-state index contributed by atoms with van der Waals surface area (Å²) in [6.45, 7) is 0. The van der Waals surface area contributed by atoms with Gasteiger partial charge in [0.2, 0.25) is 0 Å². The van der Waals surface area contributed by atoms with Crippen molar-refractivity contribution < 1.29 is 0 Å². The van der Waals surface area contributed by atoms with E-state index in [9.17, 15) is 0 Å². The lowest BCUT2D eigenvalue weighted by molar-refractivity contribution is 0.480. The molecule has 3 saturated carbocycles. The molecule has 13 heavy (non-hydrogen) atoms. The lowest BCUT2D eigenvalue weighted by Crippen LogP contribution is -2.01. The van der Waals surface area contributed by atoms with E-state index >= 15 is 0 Å². The van der Waals surface area contributed by atoms with Crippen molar-refractivity contribution in [2.24, 2.45) is 11.8 Å². The topological polar surface area (TPSA) is 0 Å². The molecule has 0 aliphatic heterocycles. The molecule has 72 valence electrons. The predicted molar refractivity (Wildman–Crippen MR) is 55.6 cm³/mol. The maximum absolute atomic E-state index is 1.97. The van der Waals surface area contributed by atoms with E-state index in [2.05, 4.69) is 0 Å². The van der Waals surface area contributed by atoms with Crippen LogP contribution in [0.25, 0.3) is 0 Å². The van der Waals surface area contributed by atoms with E-state index in [0.717, 1.165) is 11.8 Å². The van der Waals surface area contributed by atoms with Gasteiger partial charge in [-0.2, -0.15) is 0 Å². The monoisotopic (exact) mass is 176 g/mol. The third-order valence-electron chi connectivity index (χ3n) is 4.47. The Morgan fingerprint density at radius 3 is 1.77 bits per heavy atom. The highest BCUT2D eigenvalue weighted by atomic mass is 14.4. The minimum Gasteiger partial charge on any atom is -0.0704 e. The summed E-state index contributed by atoms with van der Waals surface area (Å²) in [7, 11) is 0. The quantitative estimate of drug-likeness (QED) is 0.488. The minimum absolute atomic E-state index is 1.05. The first-order valence-corrected chi connectivity index (χ1v) is 6.17. The molecule has 0 radical (unpaired) electrons. The van der Waals surface area contributed by atoms with E-state index in [0.29, 0.717) is 0 Å². The maximum Gasteiger partial charge on any atom is -0.0197 e. The molecule has 0 nitrogen and oxygen atoms in total. The van der Waals surface area contributed by atoms with Gasteiger partial charge in [0.1, 0.15) is 0 Å². The first kappa shape index (κ1) is 8.08. The van der Waals surface area contributed by atoms with Crippen molar-refractivity contribution in [2.45, 2.75) is 57.8 Å². The van der Waals surface area contributed by atoms with Crippen LogP contribution in [-0.4, -0.2) is 0 Å².